The average Bonchev–Trinajstić information content (AvgIpc) is 3.09. The van der Waals surface area contributed by atoms with E-state index < -0.39 is 0 Å². The van der Waals surface area contributed by atoms with Crippen LogP contribution in [-0.4, -0.2) is 20.7 Å². The zero-order chi connectivity index (χ0) is 13.9. The summed E-state index contributed by atoms with van der Waals surface area (Å²) in [7, 11) is 0. The Morgan fingerprint density at radius 3 is 2.75 bits per heavy atom. The normalized spacial score (nSPS) is 10.4. The molecule has 0 fully saturated rings. The van der Waals surface area contributed by atoms with Crippen molar-refractivity contribution in [1.82, 2.24) is 14.8 Å². The van der Waals surface area contributed by atoms with Crippen molar-refractivity contribution in [2.75, 3.05) is 5.32 Å². The van der Waals surface area contributed by atoms with Gasteiger partial charge in [-0.1, -0.05) is 6.07 Å². The van der Waals surface area contributed by atoms with E-state index >= 15 is 0 Å². The first-order valence-corrected chi connectivity index (χ1v) is 6.92. The van der Waals surface area contributed by atoms with Crippen LogP contribution in [0.2, 0.25) is 0 Å². The minimum Gasteiger partial charge on any atom is -0.321 e. The fourth-order valence-electron chi connectivity index (χ4n) is 1.87. The molecule has 0 aliphatic heterocycles. The molecule has 2 aromatic heterocycles. The number of hydrogen-bond acceptors (Lipinski definition) is 4. The van der Waals surface area contributed by atoms with Gasteiger partial charge in [0.15, 0.2) is 0 Å². The molecule has 1 N–H and O–H groups in total. The van der Waals surface area contributed by atoms with Crippen molar-refractivity contribution >= 4 is 22.9 Å². The van der Waals surface area contributed by atoms with Crippen molar-refractivity contribution < 1.29 is 4.79 Å². The zero-order valence-electron chi connectivity index (χ0n) is 10.8. The molecule has 0 saturated carbocycles. The number of thiophene rings is 1. The molecule has 0 spiro atoms. The number of hydrogen-bond donors (Lipinski definition) is 1. The van der Waals surface area contributed by atoms with Gasteiger partial charge in [-0.25, -0.2) is 0 Å². The smallest absolute Gasteiger partial charge is 0.265 e. The van der Waals surface area contributed by atoms with Crippen LogP contribution in [0.15, 0.2) is 48.4 Å². The molecule has 3 rings (SSSR count). The maximum absolute atomic E-state index is 12.2. The third-order valence-corrected chi connectivity index (χ3v) is 3.90. The first kappa shape index (κ1) is 12.6. The van der Waals surface area contributed by atoms with Crippen molar-refractivity contribution in [3.8, 4) is 5.69 Å². The van der Waals surface area contributed by atoms with Crippen LogP contribution < -0.4 is 5.32 Å². The van der Waals surface area contributed by atoms with Gasteiger partial charge in [0.1, 0.15) is 12.7 Å². The van der Waals surface area contributed by atoms with E-state index in [1.54, 1.807) is 17.2 Å². The summed E-state index contributed by atoms with van der Waals surface area (Å²) in [4.78, 5) is 12.9. The summed E-state index contributed by atoms with van der Waals surface area (Å²) in [5, 5.41) is 12.4. The number of rotatable bonds is 3. The second-order valence-corrected chi connectivity index (χ2v) is 5.22. The summed E-state index contributed by atoms with van der Waals surface area (Å²) in [6.07, 6.45) is 3.23. The van der Waals surface area contributed by atoms with Crippen LogP contribution in [0.3, 0.4) is 0 Å². The Kier molecular flexibility index (Phi) is 3.30. The van der Waals surface area contributed by atoms with E-state index in [0.717, 1.165) is 21.8 Å². The molecule has 0 unspecified atom stereocenters. The summed E-state index contributed by atoms with van der Waals surface area (Å²) in [6, 6.07) is 9.48. The summed E-state index contributed by atoms with van der Waals surface area (Å²) in [5.41, 5.74) is 2.63. The predicted octanol–water partition coefficient (Wildman–Crippen LogP) is 2.89. The number of carbonyl (C=O) groups is 1. The van der Waals surface area contributed by atoms with Gasteiger partial charge in [-0.05, 0) is 42.1 Å². The Bertz CT molecular complexity index is 733. The number of aryl methyl sites for hydroxylation is 1. The molecule has 2 heterocycles. The highest BCUT2D eigenvalue weighted by Crippen LogP contribution is 2.19. The third kappa shape index (κ3) is 2.46. The minimum atomic E-state index is -0.0848. The number of carbonyl (C=O) groups excluding carboxylic acids is 1. The highest BCUT2D eigenvalue weighted by molar-refractivity contribution is 7.12. The molecule has 0 bridgehead atoms. The first-order valence-electron chi connectivity index (χ1n) is 6.04. The van der Waals surface area contributed by atoms with Crippen molar-refractivity contribution in [1.29, 1.82) is 0 Å². The SMILES string of the molecule is Cc1ccsc1C(=O)Nc1cccc(-n2cnnc2)c1. The summed E-state index contributed by atoms with van der Waals surface area (Å²) >= 11 is 1.44. The molecule has 0 aliphatic rings. The van der Waals surface area contributed by atoms with E-state index in [0.29, 0.717) is 0 Å². The number of nitrogens with zero attached hydrogens (tertiary/aromatic N) is 3. The lowest BCUT2D eigenvalue weighted by Crippen LogP contribution is -2.11. The number of anilines is 1. The molecule has 20 heavy (non-hydrogen) atoms. The van der Waals surface area contributed by atoms with Crippen molar-refractivity contribution in [3.05, 3.63) is 58.8 Å². The lowest BCUT2D eigenvalue weighted by atomic mass is 10.2. The quantitative estimate of drug-likeness (QED) is 0.804. The molecule has 0 atom stereocenters. The van der Waals surface area contributed by atoms with Crippen LogP contribution in [0, 0.1) is 6.92 Å². The zero-order valence-corrected chi connectivity index (χ0v) is 11.6. The van der Waals surface area contributed by atoms with Gasteiger partial charge in [-0.15, -0.1) is 21.5 Å². The van der Waals surface area contributed by atoms with E-state index in [2.05, 4.69) is 15.5 Å². The fourth-order valence-corrected chi connectivity index (χ4v) is 2.69. The summed E-state index contributed by atoms with van der Waals surface area (Å²) in [6.45, 7) is 1.93. The lowest BCUT2D eigenvalue weighted by molar-refractivity contribution is 0.103. The van der Waals surface area contributed by atoms with E-state index in [4.69, 9.17) is 0 Å². The Morgan fingerprint density at radius 2 is 2.05 bits per heavy atom. The molecule has 0 radical (unpaired) electrons. The fraction of sp³-hybridized carbons (Fsp3) is 0.0714. The van der Waals surface area contributed by atoms with E-state index in [-0.39, 0.29) is 5.91 Å². The number of amides is 1. The maximum atomic E-state index is 12.2. The molecular weight excluding hydrogens is 272 g/mol. The van der Waals surface area contributed by atoms with Crippen molar-refractivity contribution in [2.24, 2.45) is 0 Å². The highest BCUT2D eigenvalue weighted by Gasteiger charge is 2.10. The topological polar surface area (TPSA) is 59.8 Å². The standard InChI is InChI=1S/C14H12N4OS/c1-10-5-6-20-13(10)14(19)17-11-3-2-4-12(7-11)18-8-15-16-9-18/h2-9H,1H3,(H,17,19). The van der Waals surface area contributed by atoms with Gasteiger partial charge in [0, 0.05) is 5.69 Å². The van der Waals surface area contributed by atoms with Gasteiger partial charge >= 0.3 is 0 Å². The average molecular weight is 284 g/mol. The Balaban J connectivity index is 1.83. The van der Waals surface area contributed by atoms with Crippen LogP contribution in [0.5, 0.6) is 0 Å². The van der Waals surface area contributed by atoms with E-state index in [9.17, 15) is 4.79 Å². The van der Waals surface area contributed by atoms with Crippen molar-refractivity contribution in [2.45, 2.75) is 6.92 Å². The minimum absolute atomic E-state index is 0.0848. The second-order valence-electron chi connectivity index (χ2n) is 4.31. The van der Waals surface area contributed by atoms with Gasteiger partial charge in [-0.3, -0.25) is 9.36 Å². The van der Waals surface area contributed by atoms with Crippen LogP contribution in [-0.2, 0) is 0 Å². The summed E-state index contributed by atoms with van der Waals surface area (Å²) < 4.78 is 1.78. The highest BCUT2D eigenvalue weighted by atomic mass is 32.1. The van der Waals surface area contributed by atoms with E-state index in [1.807, 2.05) is 42.6 Å². The van der Waals surface area contributed by atoms with Gasteiger partial charge in [-0.2, -0.15) is 0 Å². The molecular formula is C14H12N4OS. The van der Waals surface area contributed by atoms with Gasteiger partial charge < -0.3 is 5.32 Å². The van der Waals surface area contributed by atoms with Gasteiger partial charge in [0.25, 0.3) is 5.91 Å². The molecule has 0 saturated heterocycles. The number of aromatic nitrogens is 3. The molecule has 0 aliphatic carbocycles. The first-order chi connectivity index (χ1) is 9.74. The number of benzene rings is 1. The Hall–Kier alpha value is -2.47. The monoisotopic (exact) mass is 284 g/mol. The second kappa shape index (κ2) is 5.26. The molecule has 5 nitrogen and oxygen atoms in total. The molecule has 100 valence electrons. The van der Waals surface area contributed by atoms with Crippen LogP contribution in [0.1, 0.15) is 15.2 Å². The van der Waals surface area contributed by atoms with Gasteiger partial charge in [0.2, 0.25) is 0 Å². The van der Waals surface area contributed by atoms with Crippen LogP contribution in [0.25, 0.3) is 5.69 Å². The largest absolute Gasteiger partial charge is 0.321 e. The van der Waals surface area contributed by atoms with Crippen molar-refractivity contribution in [3.63, 3.8) is 0 Å². The number of nitrogens with one attached hydrogen (secondary N) is 1. The molecule has 1 amide bonds. The Labute approximate surface area is 119 Å². The molecule has 6 heteroatoms. The maximum Gasteiger partial charge on any atom is 0.265 e. The van der Waals surface area contributed by atoms with E-state index in [1.165, 1.54) is 11.3 Å². The molecule has 1 aromatic carbocycles. The molecule has 3 aromatic rings. The lowest BCUT2D eigenvalue weighted by Gasteiger charge is -2.07. The Morgan fingerprint density at radius 1 is 1.25 bits per heavy atom. The summed E-state index contributed by atoms with van der Waals surface area (Å²) in [5.74, 6) is -0.0848. The van der Waals surface area contributed by atoms with Gasteiger partial charge in [0.05, 0.1) is 10.6 Å². The van der Waals surface area contributed by atoms with Crippen LogP contribution in [0.4, 0.5) is 5.69 Å². The predicted molar refractivity (Wildman–Crippen MR) is 78.4 cm³/mol. The van der Waals surface area contributed by atoms with Crippen LogP contribution >= 0.6 is 11.3 Å². The third-order valence-electron chi connectivity index (χ3n) is 2.89.